The molecule has 3 rings (SSSR count). The lowest BCUT2D eigenvalue weighted by molar-refractivity contribution is 0.404. The number of aryl methyl sites for hydroxylation is 1. The highest BCUT2D eigenvalue weighted by atomic mass is 19.1. The molecule has 4 nitrogen and oxygen atoms in total. The number of piperazine rings is 1. The van der Waals surface area contributed by atoms with Gasteiger partial charge >= 0.3 is 0 Å². The minimum absolute atomic E-state index is 0.118. The van der Waals surface area contributed by atoms with Crippen LogP contribution >= 0.6 is 0 Å². The number of anilines is 1. The number of nitrogens with two attached hydrogens (primary N) is 1. The number of rotatable bonds is 2. The van der Waals surface area contributed by atoms with Gasteiger partial charge in [-0.3, -0.25) is 0 Å². The van der Waals surface area contributed by atoms with Gasteiger partial charge in [0.05, 0.1) is 5.52 Å². The van der Waals surface area contributed by atoms with E-state index in [-0.39, 0.29) is 11.9 Å². The van der Waals surface area contributed by atoms with Crippen molar-refractivity contribution in [1.82, 2.24) is 10.3 Å². The standard InChI is InChI=1S/C18H25FN4/c1-10-8-23(9-11(2)21-10)18-15(13(4)20)7-14-5-6-16(19)12(3)17(14)22-18/h5-7,10-11,13,21H,8-9,20H2,1-4H3. The second kappa shape index (κ2) is 6.06. The van der Waals surface area contributed by atoms with Crippen LogP contribution in [0.4, 0.5) is 10.2 Å². The molecule has 1 aliphatic rings. The van der Waals surface area contributed by atoms with E-state index in [0.717, 1.165) is 35.4 Å². The predicted octanol–water partition coefficient (Wildman–Crippen LogP) is 2.89. The van der Waals surface area contributed by atoms with Gasteiger partial charge in [0.25, 0.3) is 0 Å². The van der Waals surface area contributed by atoms with Crippen molar-refractivity contribution in [3.8, 4) is 0 Å². The molecular formula is C18H25FN4. The fourth-order valence-corrected chi connectivity index (χ4v) is 3.45. The highest BCUT2D eigenvalue weighted by Gasteiger charge is 2.25. The molecule has 0 amide bonds. The van der Waals surface area contributed by atoms with Crippen molar-refractivity contribution in [2.75, 3.05) is 18.0 Å². The van der Waals surface area contributed by atoms with Gasteiger partial charge in [-0.15, -0.1) is 0 Å². The molecule has 1 aliphatic heterocycles. The Morgan fingerprint density at radius 3 is 2.57 bits per heavy atom. The van der Waals surface area contributed by atoms with E-state index in [4.69, 9.17) is 10.7 Å². The Morgan fingerprint density at radius 1 is 1.30 bits per heavy atom. The molecule has 23 heavy (non-hydrogen) atoms. The first-order valence-corrected chi connectivity index (χ1v) is 8.23. The quantitative estimate of drug-likeness (QED) is 0.894. The molecule has 1 fully saturated rings. The number of halogens is 1. The van der Waals surface area contributed by atoms with Crippen molar-refractivity contribution >= 4 is 16.7 Å². The van der Waals surface area contributed by atoms with Crippen LogP contribution in [0.2, 0.25) is 0 Å². The van der Waals surface area contributed by atoms with E-state index in [1.54, 1.807) is 13.0 Å². The molecule has 0 radical (unpaired) electrons. The summed E-state index contributed by atoms with van der Waals surface area (Å²) in [7, 11) is 0. The van der Waals surface area contributed by atoms with Crippen molar-refractivity contribution in [2.45, 2.75) is 45.8 Å². The third-order valence-electron chi connectivity index (χ3n) is 4.53. The van der Waals surface area contributed by atoms with Crippen LogP contribution in [-0.4, -0.2) is 30.2 Å². The molecule has 5 heteroatoms. The zero-order valence-corrected chi connectivity index (χ0v) is 14.2. The average molecular weight is 316 g/mol. The Labute approximate surface area is 136 Å². The maximum atomic E-state index is 13.9. The zero-order valence-electron chi connectivity index (χ0n) is 14.2. The van der Waals surface area contributed by atoms with Crippen molar-refractivity contribution in [3.63, 3.8) is 0 Å². The molecule has 0 spiro atoms. The van der Waals surface area contributed by atoms with Gasteiger partial charge in [-0.25, -0.2) is 9.37 Å². The maximum absolute atomic E-state index is 13.9. The zero-order chi connectivity index (χ0) is 16.7. The van der Waals surface area contributed by atoms with Crippen molar-refractivity contribution in [2.24, 2.45) is 5.73 Å². The first kappa shape index (κ1) is 16.1. The van der Waals surface area contributed by atoms with Crippen molar-refractivity contribution in [3.05, 3.63) is 35.1 Å². The molecule has 1 saturated heterocycles. The first-order valence-electron chi connectivity index (χ1n) is 8.23. The summed E-state index contributed by atoms with van der Waals surface area (Å²) < 4.78 is 13.9. The maximum Gasteiger partial charge on any atom is 0.134 e. The number of aromatic nitrogens is 1. The Morgan fingerprint density at radius 2 is 1.96 bits per heavy atom. The van der Waals surface area contributed by atoms with Crippen LogP contribution in [0.1, 0.15) is 37.9 Å². The average Bonchev–Trinajstić information content (AvgIpc) is 2.49. The van der Waals surface area contributed by atoms with Gasteiger partial charge in [0, 0.05) is 47.7 Å². The van der Waals surface area contributed by atoms with E-state index in [0.29, 0.717) is 17.6 Å². The molecular weight excluding hydrogens is 291 g/mol. The van der Waals surface area contributed by atoms with E-state index >= 15 is 0 Å². The van der Waals surface area contributed by atoms with Gasteiger partial charge in [-0.05, 0) is 45.9 Å². The van der Waals surface area contributed by atoms with Gasteiger partial charge in [0.15, 0.2) is 0 Å². The van der Waals surface area contributed by atoms with E-state index < -0.39 is 0 Å². The summed E-state index contributed by atoms with van der Waals surface area (Å²) >= 11 is 0. The normalized spacial score (nSPS) is 23.3. The third kappa shape index (κ3) is 3.03. The van der Waals surface area contributed by atoms with E-state index in [1.165, 1.54) is 6.07 Å². The largest absolute Gasteiger partial charge is 0.353 e. The van der Waals surface area contributed by atoms with Gasteiger partial charge in [-0.1, -0.05) is 0 Å². The van der Waals surface area contributed by atoms with E-state index in [2.05, 4.69) is 30.1 Å². The highest BCUT2D eigenvalue weighted by Crippen LogP contribution is 2.30. The SMILES string of the molecule is Cc1c(F)ccc2cc(C(C)N)c(N3CC(C)NC(C)C3)nc12. The molecule has 124 valence electrons. The fourth-order valence-electron chi connectivity index (χ4n) is 3.45. The fraction of sp³-hybridized carbons (Fsp3) is 0.500. The van der Waals surface area contributed by atoms with Crippen LogP contribution in [0.15, 0.2) is 18.2 Å². The molecule has 3 unspecified atom stereocenters. The summed E-state index contributed by atoms with van der Waals surface area (Å²) in [6.45, 7) is 9.83. The molecule has 0 bridgehead atoms. The predicted molar refractivity (Wildman–Crippen MR) is 93.3 cm³/mol. The minimum atomic E-state index is -0.216. The lowest BCUT2D eigenvalue weighted by atomic mass is 10.0. The molecule has 2 heterocycles. The molecule has 1 aromatic carbocycles. The summed E-state index contributed by atoms with van der Waals surface area (Å²) in [5.41, 5.74) is 8.53. The summed E-state index contributed by atoms with van der Waals surface area (Å²) in [5.74, 6) is 0.674. The topological polar surface area (TPSA) is 54.2 Å². The third-order valence-corrected chi connectivity index (χ3v) is 4.53. The Kier molecular flexibility index (Phi) is 4.25. The Balaban J connectivity index is 2.17. The number of pyridine rings is 1. The molecule has 0 saturated carbocycles. The summed E-state index contributed by atoms with van der Waals surface area (Å²) in [5, 5.41) is 4.47. The monoisotopic (exact) mass is 316 g/mol. The number of nitrogens with zero attached hydrogens (tertiary/aromatic N) is 2. The number of hydrogen-bond donors (Lipinski definition) is 2. The number of benzene rings is 1. The first-order chi connectivity index (χ1) is 10.9. The second-order valence-corrected chi connectivity index (χ2v) is 6.81. The Hall–Kier alpha value is -1.72. The van der Waals surface area contributed by atoms with Crippen molar-refractivity contribution < 1.29 is 4.39 Å². The van der Waals surface area contributed by atoms with Gasteiger partial charge < -0.3 is 16.0 Å². The lowest BCUT2D eigenvalue weighted by Crippen LogP contribution is -2.54. The van der Waals surface area contributed by atoms with Crippen LogP contribution in [0.3, 0.4) is 0 Å². The van der Waals surface area contributed by atoms with E-state index in [9.17, 15) is 4.39 Å². The van der Waals surface area contributed by atoms with Gasteiger partial charge in [0.1, 0.15) is 11.6 Å². The van der Waals surface area contributed by atoms with Crippen LogP contribution in [-0.2, 0) is 0 Å². The van der Waals surface area contributed by atoms with Crippen LogP contribution in [0, 0.1) is 12.7 Å². The van der Waals surface area contributed by atoms with Gasteiger partial charge in [0.2, 0.25) is 0 Å². The molecule has 3 N–H and O–H groups in total. The molecule has 0 aliphatic carbocycles. The summed E-state index contributed by atoms with van der Waals surface area (Å²) in [6.07, 6.45) is 0. The van der Waals surface area contributed by atoms with Crippen LogP contribution < -0.4 is 16.0 Å². The molecule has 3 atom stereocenters. The van der Waals surface area contributed by atoms with Gasteiger partial charge in [-0.2, -0.15) is 0 Å². The van der Waals surface area contributed by atoms with Crippen molar-refractivity contribution in [1.29, 1.82) is 0 Å². The van der Waals surface area contributed by atoms with Crippen LogP contribution in [0.25, 0.3) is 10.9 Å². The van der Waals surface area contributed by atoms with E-state index in [1.807, 2.05) is 6.92 Å². The van der Waals surface area contributed by atoms with Crippen LogP contribution in [0.5, 0.6) is 0 Å². The summed E-state index contributed by atoms with van der Waals surface area (Å²) in [4.78, 5) is 7.10. The summed E-state index contributed by atoms with van der Waals surface area (Å²) in [6, 6.07) is 5.98. The molecule has 2 aromatic rings. The number of fused-ring (bicyclic) bond motifs is 1. The molecule has 1 aromatic heterocycles. The second-order valence-electron chi connectivity index (χ2n) is 6.81. The lowest BCUT2D eigenvalue weighted by Gasteiger charge is -2.38. The number of nitrogens with one attached hydrogen (secondary N) is 1. The number of hydrogen-bond acceptors (Lipinski definition) is 4. The highest BCUT2D eigenvalue weighted by molar-refractivity contribution is 5.85. The Bertz CT molecular complexity index is 719. The smallest absolute Gasteiger partial charge is 0.134 e. The minimum Gasteiger partial charge on any atom is -0.353 e.